The third-order valence-electron chi connectivity index (χ3n) is 3.35. The largest absolute Gasteiger partial charge is 0.489 e. The number of hydrogen-bond donors (Lipinski definition) is 2. The van der Waals surface area contributed by atoms with Crippen LogP contribution in [0, 0.1) is 0 Å². The first-order valence-electron chi connectivity index (χ1n) is 7.90. The van der Waals surface area contributed by atoms with Gasteiger partial charge in [-0.25, -0.2) is 0 Å². The van der Waals surface area contributed by atoms with E-state index in [1.54, 1.807) is 18.2 Å². The lowest BCUT2D eigenvalue weighted by molar-refractivity contribution is -0.136. The molecule has 0 bridgehead atoms. The van der Waals surface area contributed by atoms with Crippen LogP contribution < -0.4 is 15.4 Å². The molecule has 0 aliphatic heterocycles. The third kappa shape index (κ3) is 4.84. The first-order chi connectivity index (χ1) is 11.5. The number of anilines is 1. The van der Waals surface area contributed by atoms with Gasteiger partial charge in [-0.05, 0) is 38.5 Å². The van der Waals surface area contributed by atoms with Gasteiger partial charge in [-0.1, -0.05) is 42.5 Å². The average molecular weight is 326 g/mol. The van der Waals surface area contributed by atoms with Crippen LogP contribution in [0.15, 0.2) is 54.6 Å². The van der Waals surface area contributed by atoms with E-state index >= 15 is 0 Å². The minimum atomic E-state index is -0.724. The van der Waals surface area contributed by atoms with E-state index in [0.717, 1.165) is 5.56 Å². The second-order valence-electron chi connectivity index (χ2n) is 5.72. The van der Waals surface area contributed by atoms with Crippen LogP contribution in [-0.4, -0.2) is 17.9 Å². The highest BCUT2D eigenvalue weighted by Crippen LogP contribution is 2.24. The van der Waals surface area contributed by atoms with Crippen LogP contribution in [-0.2, 0) is 9.59 Å². The van der Waals surface area contributed by atoms with Crippen molar-refractivity contribution < 1.29 is 14.3 Å². The molecule has 1 unspecified atom stereocenters. The van der Waals surface area contributed by atoms with E-state index in [9.17, 15) is 9.59 Å². The molecular formula is C19H22N2O3. The van der Waals surface area contributed by atoms with E-state index in [-0.39, 0.29) is 12.1 Å². The molecule has 0 heterocycles. The maximum Gasteiger partial charge on any atom is 0.313 e. The topological polar surface area (TPSA) is 67.4 Å². The van der Waals surface area contributed by atoms with Gasteiger partial charge < -0.3 is 15.4 Å². The van der Waals surface area contributed by atoms with E-state index in [4.69, 9.17) is 4.74 Å². The van der Waals surface area contributed by atoms with Gasteiger partial charge in [-0.2, -0.15) is 0 Å². The summed E-state index contributed by atoms with van der Waals surface area (Å²) < 4.78 is 5.63. The first kappa shape index (κ1) is 17.5. The Morgan fingerprint density at radius 2 is 1.50 bits per heavy atom. The zero-order valence-corrected chi connectivity index (χ0v) is 14.1. The predicted molar refractivity (Wildman–Crippen MR) is 93.8 cm³/mol. The lowest BCUT2D eigenvalue weighted by atomic mass is 10.1. The van der Waals surface area contributed by atoms with Crippen LogP contribution in [0.5, 0.6) is 5.75 Å². The van der Waals surface area contributed by atoms with E-state index in [0.29, 0.717) is 11.4 Å². The van der Waals surface area contributed by atoms with Crippen LogP contribution in [0.4, 0.5) is 5.69 Å². The van der Waals surface area contributed by atoms with E-state index < -0.39 is 11.8 Å². The number of carbonyl (C=O) groups is 2. The molecule has 126 valence electrons. The number of nitrogens with one attached hydrogen (secondary N) is 2. The van der Waals surface area contributed by atoms with Crippen LogP contribution >= 0.6 is 0 Å². The minimum absolute atomic E-state index is 0.0324. The molecule has 5 nitrogen and oxygen atoms in total. The fourth-order valence-electron chi connectivity index (χ4n) is 2.19. The Hall–Kier alpha value is -2.82. The van der Waals surface area contributed by atoms with Gasteiger partial charge in [0.05, 0.1) is 17.8 Å². The monoisotopic (exact) mass is 326 g/mol. The number of para-hydroxylation sites is 2. The zero-order chi connectivity index (χ0) is 17.5. The molecule has 2 rings (SSSR count). The number of amides is 2. The number of benzene rings is 2. The summed E-state index contributed by atoms with van der Waals surface area (Å²) in [5, 5.41) is 5.28. The fourth-order valence-corrected chi connectivity index (χ4v) is 2.19. The number of hydrogen-bond acceptors (Lipinski definition) is 3. The van der Waals surface area contributed by atoms with E-state index in [1.807, 2.05) is 57.2 Å². The van der Waals surface area contributed by atoms with Crippen molar-refractivity contribution in [3.63, 3.8) is 0 Å². The Morgan fingerprint density at radius 1 is 0.875 bits per heavy atom. The summed E-state index contributed by atoms with van der Waals surface area (Å²) in [5.41, 5.74) is 1.40. The smallest absolute Gasteiger partial charge is 0.313 e. The average Bonchev–Trinajstić information content (AvgIpc) is 2.56. The summed E-state index contributed by atoms with van der Waals surface area (Å²) in [7, 11) is 0. The number of carbonyl (C=O) groups excluding carboxylic acids is 2. The van der Waals surface area contributed by atoms with Crippen molar-refractivity contribution in [2.45, 2.75) is 32.9 Å². The quantitative estimate of drug-likeness (QED) is 0.829. The molecule has 0 saturated carbocycles. The highest BCUT2D eigenvalue weighted by atomic mass is 16.5. The maximum absolute atomic E-state index is 12.1. The van der Waals surface area contributed by atoms with Gasteiger partial charge in [0, 0.05) is 0 Å². The third-order valence-corrected chi connectivity index (χ3v) is 3.35. The lowest BCUT2D eigenvalue weighted by Gasteiger charge is -2.16. The van der Waals surface area contributed by atoms with Crippen molar-refractivity contribution in [1.82, 2.24) is 5.32 Å². The van der Waals surface area contributed by atoms with Gasteiger partial charge in [-0.3, -0.25) is 9.59 Å². The second kappa shape index (κ2) is 8.15. The molecule has 0 spiro atoms. The minimum Gasteiger partial charge on any atom is -0.489 e. The molecule has 2 N–H and O–H groups in total. The molecule has 0 fully saturated rings. The summed E-state index contributed by atoms with van der Waals surface area (Å²) in [6.45, 7) is 5.62. The van der Waals surface area contributed by atoms with E-state index in [1.165, 1.54) is 0 Å². The standard InChI is InChI=1S/C19H22N2O3/c1-13(2)24-17-12-8-7-11-16(17)21-19(23)18(22)20-14(3)15-9-5-4-6-10-15/h4-14H,1-3H3,(H,20,22)(H,21,23). The summed E-state index contributed by atoms with van der Waals surface area (Å²) in [5.74, 6) is -0.881. The van der Waals surface area contributed by atoms with Gasteiger partial charge in [0.15, 0.2) is 0 Å². The Balaban J connectivity index is 2.01. The molecule has 5 heteroatoms. The molecule has 24 heavy (non-hydrogen) atoms. The molecular weight excluding hydrogens is 304 g/mol. The van der Waals surface area contributed by atoms with Crippen molar-refractivity contribution in [3.8, 4) is 5.75 Å². The normalized spacial score (nSPS) is 11.7. The Bertz CT molecular complexity index is 699. The van der Waals surface area contributed by atoms with E-state index in [2.05, 4.69) is 10.6 Å². The van der Waals surface area contributed by atoms with Crippen molar-refractivity contribution >= 4 is 17.5 Å². The van der Waals surface area contributed by atoms with Crippen LogP contribution in [0.3, 0.4) is 0 Å². The van der Waals surface area contributed by atoms with Gasteiger partial charge in [-0.15, -0.1) is 0 Å². The number of ether oxygens (including phenoxy) is 1. The highest BCUT2D eigenvalue weighted by molar-refractivity contribution is 6.39. The Morgan fingerprint density at radius 3 is 2.17 bits per heavy atom. The SMILES string of the molecule is CC(C)Oc1ccccc1NC(=O)C(=O)NC(C)c1ccccc1. The summed E-state index contributed by atoms with van der Waals surface area (Å²) >= 11 is 0. The molecule has 0 radical (unpaired) electrons. The van der Waals surface area contributed by atoms with Gasteiger partial charge in [0.25, 0.3) is 0 Å². The van der Waals surface area contributed by atoms with Gasteiger partial charge in [0.2, 0.25) is 0 Å². The molecule has 2 amide bonds. The summed E-state index contributed by atoms with van der Waals surface area (Å²) in [6.07, 6.45) is -0.0324. The van der Waals surface area contributed by atoms with Crippen molar-refractivity contribution in [2.75, 3.05) is 5.32 Å². The van der Waals surface area contributed by atoms with Crippen LogP contribution in [0.2, 0.25) is 0 Å². The summed E-state index contributed by atoms with van der Waals surface area (Å²) in [4.78, 5) is 24.2. The van der Waals surface area contributed by atoms with Crippen molar-refractivity contribution in [2.24, 2.45) is 0 Å². The molecule has 2 aromatic rings. The molecule has 2 aromatic carbocycles. The molecule has 0 aliphatic rings. The highest BCUT2D eigenvalue weighted by Gasteiger charge is 2.18. The van der Waals surface area contributed by atoms with Gasteiger partial charge >= 0.3 is 11.8 Å². The maximum atomic E-state index is 12.1. The van der Waals surface area contributed by atoms with Gasteiger partial charge in [0.1, 0.15) is 5.75 Å². The van der Waals surface area contributed by atoms with Crippen LogP contribution in [0.1, 0.15) is 32.4 Å². The molecule has 1 atom stereocenters. The van der Waals surface area contributed by atoms with Crippen LogP contribution in [0.25, 0.3) is 0 Å². The molecule has 0 aromatic heterocycles. The lowest BCUT2D eigenvalue weighted by Crippen LogP contribution is -2.37. The fraction of sp³-hybridized carbons (Fsp3) is 0.263. The molecule has 0 saturated heterocycles. The summed E-state index contributed by atoms with van der Waals surface area (Å²) in [6, 6.07) is 16.2. The Kier molecular flexibility index (Phi) is 5.95. The second-order valence-corrected chi connectivity index (χ2v) is 5.72. The van der Waals surface area contributed by atoms with Crippen molar-refractivity contribution in [1.29, 1.82) is 0 Å². The predicted octanol–water partition coefficient (Wildman–Crippen LogP) is 3.29. The first-order valence-corrected chi connectivity index (χ1v) is 7.90. The number of rotatable bonds is 5. The zero-order valence-electron chi connectivity index (χ0n) is 14.1. The molecule has 0 aliphatic carbocycles. The Labute approximate surface area is 142 Å². The van der Waals surface area contributed by atoms with Crippen molar-refractivity contribution in [3.05, 3.63) is 60.2 Å².